The van der Waals surface area contributed by atoms with Crippen molar-refractivity contribution in [3.8, 4) is 22.6 Å². The maximum Gasteiger partial charge on any atom is 0.255 e. The van der Waals surface area contributed by atoms with Crippen molar-refractivity contribution in [2.45, 2.75) is 37.6 Å². The predicted molar refractivity (Wildman–Crippen MR) is 173 cm³/mol. The minimum Gasteiger partial charge on any atom is -0.510 e. The predicted octanol–water partition coefficient (Wildman–Crippen LogP) is 3.23. The monoisotopic (exact) mass is 657 g/mol. The normalized spacial score (nSPS) is 23.6. The lowest BCUT2D eigenvalue weighted by atomic mass is 9.58. The highest BCUT2D eigenvalue weighted by Gasteiger charge is 2.63. The first-order valence-electron chi connectivity index (χ1n) is 15.4. The first kappa shape index (κ1) is 32.9. The first-order chi connectivity index (χ1) is 22.8. The van der Waals surface area contributed by atoms with Crippen LogP contribution in [-0.2, 0) is 29.1 Å². The molecule has 6 rings (SSSR count). The van der Waals surface area contributed by atoms with Gasteiger partial charge < -0.3 is 36.2 Å². The van der Waals surface area contributed by atoms with Crippen molar-refractivity contribution in [1.29, 1.82) is 0 Å². The molecule has 250 valence electrons. The Morgan fingerprint density at radius 3 is 2.40 bits per heavy atom. The maximum absolute atomic E-state index is 14.2. The van der Waals surface area contributed by atoms with Crippen LogP contribution in [0, 0.1) is 17.7 Å². The van der Waals surface area contributed by atoms with E-state index in [1.165, 1.54) is 30.2 Å². The number of aliphatic hydroxyl groups excluding tert-OH is 2. The third kappa shape index (κ3) is 5.13. The summed E-state index contributed by atoms with van der Waals surface area (Å²) in [6.07, 6.45) is 0.103. The maximum atomic E-state index is 14.2. The van der Waals surface area contributed by atoms with Gasteiger partial charge in [0.05, 0.1) is 18.7 Å². The average Bonchev–Trinajstić information content (AvgIpc) is 3.02. The Morgan fingerprint density at radius 2 is 1.75 bits per heavy atom. The largest absolute Gasteiger partial charge is 0.510 e. The molecule has 3 aromatic rings. The number of amides is 1. The molecule has 0 aromatic heterocycles. The molecular weight excluding hydrogens is 621 g/mol. The average molecular weight is 658 g/mol. The number of ether oxygens (including phenoxy) is 1. The molecule has 0 bridgehead atoms. The topological polar surface area (TPSA) is 183 Å². The number of carbonyl (C=O) groups is 3. The van der Waals surface area contributed by atoms with Crippen LogP contribution in [0.4, 0.5) is 4.39 Å². The van der Waals surface area contributed by atoms with Crippen molar-refractivity contribution in [3.63, 3.8) is 0 Å². The number of rotatable bonds is 8. The van der Waals surface area contributed by atoms with Gasteiger partial charge in [0.25, 0.3) is 5.91 Å². The minimum atomic E-state index is -2.71. The van der Waals surface area contributed by atoms with Crippen LogP contribution < -0.4 is 15.8 Å². The molecule has 0 saturated carbocycles. The first-order valence-corrected chi connectivity index (χ1v) is 15.4. The molecule has 3 aromatic carbocycles. The van der Waals surface area contributed by atoms with Crippen molar-refractivity contribution < 1.29 is 43.9 Å². The number of Topliss-reactive ketones (excluding diaryl/α,β-unsaturated/α-hetero) is 2. The molecule has 0 spiro atoms. The van der Waals surface area contributed by atoms with Crippen LogP contribution in [0.15, 0.2) is 77.3 Å². The highest BCUT2D eigenvalue weighted by molar-refractivity contribution is 6.25. The summed E-state index contributed by atoms with van der Waals surface area (Å²) in [5.74, 6) is -6.91. The Kier molecular flexibility index (Phi) is 8.36. The van der Waals surface area contributed by atoms with E-state index in [4.69, 9.17) is 10.5 Å². The number of hydrogen-bond acceptors (Lipinski definition) is 10. The third-order valence-corrected chi connectivity index (χ3v) is 9.71. The number of nitrogens with two attached hydrogens (primary N) is 1. The van der Waals surface area contributed by atoms with Gasteiger partial charge in [0, 0.05) is 30.1 Å². The van der Waals surface area contributed by atoms with Crippen LogP contribution in [-0.4, -0.2) is 75.6 Å². The summed E-state index contributed by atoms with van der Waals surface area (Å²) in [5, 5.41) is 48.7. The fourth-order valence-electron chi connectivity index (χ4n) is 7.58. The van der Waals surface area contributed by atoms with Crippen LogP contribution >= 0.6 is 0 Å². The number of nitrogens with zero attached hydrogens (tertiary/aromatic N) is 1. The Bertz CT molecular complexity index is 1940. The fraction of sp³-hybridized carbons (Fsp3) is 0.306. The van der Waals surface area contributed by atoms with Crippen molar-refractivity contribution >= 4 is 17.5 Å². The van der Waals surface area contributed by atoms with Gasteiger partial charge in [-0.25, -0.2) is 4.39 Å². The number of aromatic hydroxyl groups is 1. The molecule has 12 heteroatoms. The zero-order valence-electron chi connectivity index (χ0n) is 26.6. The van der Waals surface area contributed by atoms with E-state index in [-0.39, 0.29) is 35.5 Å². The van der Waals surface area contributed by atoms with Crippen LogP contribution in [0.5, 0.6) is 11.5 Å². The van der Waals surface area contributed by atoms with E-state index in [0.29, 0.717) is 35.5 Å². The van der Waals surface area contributed by atoms with Crippen molar-refractivity contribution in [2.24, 2.45) is 17.6 Å². The number of aliphatic hydroxyl groups is 3. The molecule has 1 amide bonds. The summed E-state index contributed by atoms with van der Waals surface area (Å²) in [6, 6.07) is 13.8. The van der Waals surface area contributed by atoms with Gasteiger partial charge in [0.1, 0.15) is 34.4 Å². The number of halogens is 1. The van der Waals surface area contributed by atoms with E-state index in [2.05, 4.69) is 5.32 Å². The molecule has 48 heavy (non-hydrogen) atoms. The number of phenolic OH excluding ortho intramolecular Hbond substituents is 1. The lowest BCUT2D eigenvalue weighted by Crippen LogP contribution is -2.63. The lowest BCUT2D eigenvalue weighted by Gasteiger charge is -2.50. The number of nitrogens with one attached hydrogen (secondary N) is 1. The van der Waals surface area contributed by atoms with Gasteiger partial charge in [-0.1, -0.05) is 24.3 Å². The molecule has 0 unspecified atom stereocenters. The Balaban J connectivity index is 1.42. The number of hydrogen-bond donors (Lipinski definition) is 6. The molecule has 7 N–H and O–H groups in total. The molecule has 3 aliphatic carbocycles. The molecular formula is C36H36FN3O8. The number of primary amides is 1. The van der Waals surface area contributed by atoms with Crippen LogP contribution in [0.3, 0.4) is 0 Å². The number of fused-ring (bicyclic) bond motifs is 3. The number of allylic oxidation sites excluding steroid dienone is 1. The zero-order valence-corrected chi connectivity index (χ0v) is 26.6. The molecule has 0 fully saturated rings. The van der Waals surface area contributed by atoms with E-state index in [0.717, 1.165) is 11.1 Å². The molecule has 3 aliphatic rings. The number of likely N-dealkylation sites (N-methyl/N-ethyl adjacent to an activating group) is 1. The van der Waals surface area contributed by atoms with Gasteiger partial charge in [-0.15, -0.1) is 0 Å². The summed E-state index contributed by atoms with van der Waals surface area (Å²) in [7, 11) is 4.67. The van der Waals surface area contributed by atoms with Crippen molar-refractivity contribution in [3.05, 3.63) is 105 Å². The molecule has 0 heterocycles. The van der Waals surface area contributed by atoms with E-state index in [1.54, 1.807) is 32.3 Å². The van der Waals surface area contributed by atoms with Crippen molar-refractivity contribution in [1.82, 2.24) is 10.2 Å². The van der Waals surface area contributed by atoms with E-state index in [9.17, 15) is 39.2 Å². The third-order valence-electron chi connectivity index (χ3n) is 9.71. The van der Waals surface area contributed by atoms with Crippen LogP contribution in [0.1, 0.15) is 33.5 Å². The molecule has 0 saturated heterocycles. The second-order valence-electron chi connectivity index (χ2n) is 12.7. The number of methoxy groups -OCH3 is 1. The van der Waals surface area contributed by atoms with Crippen molar-refractivity contribution in [2.75, 3.05) is 21.2 Å². The molecule has 4 atom stereocenters. The zero-order chi connectivity index (χ0) is 34.7. The summed E-state index contributed by atoms with van der Waals surface area (Å²) in [4.78, 5) is 41.5. The van der Waals surface area contributed by atoms with Gasteiger partial charge in [0.2, 0.25) is 5.78 Å². The fourth-order valence-corrected chi connectivity index (χ4v) is 7.58. The Morgan fingerprint density at radius 1 is 1.04 bits per heavy atom. The summed E-state index contributed by atoms with van der Waals surface area (Å²) >= 11 is 0. The van der Waals surface area contributed by atoms with Gasteiger partial charge >= 0.3 is 0 Å². The number of phenols is 1. The Labute approximate surface area is 275 Å². The van der Waals surface area contributed by atoms with Crippen LogP contribution in [0.25, 0.3) is 11.1 Å². The highest BCUT2D eigenvalue weighted by atomic mass is 19.1. The summed E-state index contributed by atoms with van der Waals surface area (Å²) in [5.41, 5.74) is 4.89. The summed E-state index contributed by atoms with van der Waals surface area (Å²) in [6.45, 7) is 0.860. The quantitative estimate of drug-likeness (QED) is 0.197. The van der Waals surface area contributed by atoms with Gasteiger partial charge in [0.15, 0.2) is 11.4 Å². The smallest absolute Gasteiger partial charge is 0.255 e. The second kappa shape index (κ2) is 12.2. The van der Waals surface area contributed by atoms with Gasteiger partial charge in [-0.2, -0.15) is 0 Å². The van der Waals surface area contributed by atoms with E-state index in [1.807, 2.05) is 18.2 Å². The molecule has 11 nitrogen and oxygen atoms in total. The van der Waals surface area contributed by atoms with E-state index < -0.39 is 58.0 Å². The van der Waals surface area contributed by atoms with Gasteiger partial charge in [-0.3, -0.25) is 19.3 Å². The highest BCUT2D eigenvalue weighted by Crippen LogP contribution is 2.53. The number of ketones is 2. The van der Waals surface area contributed by atoms with Gasteiger partial charge in [-0.05, 0) is 85.4 Å². The second-order valence-corrected chi connectivity index (χ2v) is 12.7. The SMILES string of the molecule is COc1ccc(CNCc2cccc(F)c2)cc1-c1ccc(O)c2c1C[C@H]1C[C@H]3[C@H](N(C)C)C(O)=C(C(N)=O)C(=O)[C@@]3(O)C(O)=C1C2=O. The number of carbonyl (C=O) groups excluding carboxylic acids is 3. The molecule has 0 aliphatic heterocycles. The minimum absolute atomic E-state index is 0.0258. The van der Waals surface area contributed by atoms with Crippen LogP contribution in [0.2, 0.25) is 0 Å². The molecule has 0 radical (unpaired) electrons. The number of benzene rings is 3. The summed E-state index contributed by atoms with van der Waals surface area (Å²) < 4.78 is 19.3. The lowest BCUT2D eigenvalue weighted by molar-refractivity contribution is -0.148. The standard InChI is InChI=1S/C36H36FN3O8/c1-40(2)30-24-14-19-13-23-21(22-12-18(7-10-26(22)48-3)16-39-15-17-5-4-6-20(37)11-17)8-9-25(41)28(23)31(42)27(19)33(44)36(24,47)34(45)29(32(30)43)35(38)46/h4-12,19,24,30,39,41,43-44,47H,13-16H2,1-3H3,(H2,38,46)/t19-,24-,30-,36-/m0/s1. The van der Waals surface area contributed by atoms with E-state index >= 15 is 0 Å². The Hall–Kier alpha value is -5.04.